The summed E-state index contributed by atoms with van der Waals surface area (Å²) in [7, 11) is 3.08. The number of hydrogen-bond donors (Lipinski definition) is 1. The molecule has 1 unspecified atom stereocenters. The van der Waals surface area contributed by atoms with E-state index in [0.29, 0.717) is 23.5 Å². The summed E-state index contributed by atoms with van der Waals surface area (Å²) < 4.78 is 10.3. The molecule has 7 heteroatoms. The van der Waals surface area contributed by atoms with E-state index in [4.69, 9.17) is 9.47 Å². The maximum Gasteiger partial charge on any atom is 0.346 e. The second-order valence-corrected chi connectivity index (χ2v) is 5.12. The van der Waals surface area contributed by atoms with Gasteiger partial charge in [0, 0.05) is 11.6 Å². The van der Waals surface area contributed by atoms with Crippen LogP contribution in [0.5, 0.6) is 11.5 Å². The fraction of sp³-hybridized carbons (Fsp3) is 0.400. The minimum atomic E-state index is -0.902. The number of amides is 3. The lowest BCUT2D eigenvalue weighted by molar-refractivity contribution is -0.130. The normalized spacial score (nSPS) is 21.4. The van der Waals surface area contributed by atoms with Crippen LogP contribution in [0, 0.1) is 0 Å². The molecule has 1 saturated heterocycles. The minimum absolute atomic E-state index is 0.369. The molecule has 1 aromatic carbocycles. The Kier molecular flexibility index (Phi) is 4.35. The molecule has 1 heterocycles. The van der Waals surface area contributed by atoms with Gasteiger partial charge < -0.3 is 14.8 Å². The summed E-state index contributed by atoms with van der Waals surface area (Å²) in [6.07, 6.45) is 1.92. The molecule has 0 aromatic heterocycles. The standard InChI is InChI=1S/C15H19N3O4/c1-5-15(2)13(19)18(14(20)17-15)16-9-10-6-11(21-3)8-12(7-10)22-4/h6-9H,5H2,1-4H3,(H,17,20). The molecule has 1 atom stereocenters. The molecule has 1 fully saturated rings. The van der Waals surface area contributed by atoms with Crippen LogP contribution in [0.15, 0.2) is 23.3 Å². The number of hydrazone groups is 1. The molecule has 0 aliphatic carbocycles. The number of nitrogens with zero attached hydrogens (tertiary/aromatic N) is 2. The predicted molar refractivity (Wildman–Crippen MR) is 81.2 cm³/mol. The number of methoxy groups -OCH3 is 2. The zero-order valence-corrected chi connectivity index (χ0v) is 13.0. The summed E-state index contributed by atoms with van der Waals surface area (Å²) in [4.78, 5) is 24.1. The van der Waals surface area contributed by atoms with Crippen LogP contribution in [0.3, 0.4) is 0 Å². The second kappa shape index (κ2) is 6.05. The fourth-order valence-corrected chi connectivity index (χ4v) is 2.04. The van der Waals surface area contributed by atoms with Crippen molar-refractivity contribution < 1.29 is 19.1 Å². The van der Waals surface area contributed by atoms with Gasteiger partial charge in [-0.15, -0.1) is 5.01 Å². The lowest BCUT2D eigenvalue weighted by Gasteiger charge is -2.17. The Labute approximate surface area is 128 Å². The Morgan fingerprint density at radius 3 is 2.27 bits per heavy atom. The molecule has 0 spiro atoms. The number of hydrogen-bond acceptors (Lipinski definition) is 5. The molecular weight excluding hydrogens is 286 g/mol. The van der Waals surface area contributed by atoms with Crippen molar-refractivity contribution in [3.8, 4) is 11.5 Å². The highest BCUT2D eigenvalue weighted by Gasteiger charge is 2.46. The van der Waals surface area contributed by atoms with Crippen molar-refractivity contribution in [2.45, 2.75) is 25.8 Å². The summed E-state index contributed by atoms with van der Waals surface area (Å²) >= 11 is 0. The number of carbonyl (C=O) groups excluding carboxylic acids is 2. The average Bonchev–Trinajstić information content (AvgIpc) is 2.75. The third-order valence-electron chi connectivity index (χ3n) is 3.64. The number of carbonyl (C=O) groups is 2. The molecule has 2 rings (SSSR count). The molecule has 1 aliphatic heterocycles. The topological polar surface area (TPSA) is 80.2 Å². The Bertz CT molecular complexity index is 607. The molecule has 3 amide bonds. The highest BCUT2D eigenvalue weighted by Crippen LogP contribution is 2.23. The maximum atomic E-state index is 12.2. The quantitative estimate of drug-likeness (QED) is 0.664. The van der Waals surface area contributed by atoms with Gasteiger partial charge in [0.25, 0.3) is 5.91 Å². The number of benzene rings is 1. The van der Waals surface area contributed by atoms with Crippen molar-refractivity contribution >= 4 is 18.2 Å². The van der Waals surface area contributed by atoms with E-state index in [2.05, 4.69) is 10.4 Å². The summed E-state index contributed by atoms with van der Waals surface area (Å²) in [5, 5.41) is 7.46. The fourth-order valence-electron chi connectivity index (χ4n) is 2.04. The van der Waals surface area contributed by atoms with Gasteiger partial charge in [-0.2, -0.15) is 5.10 Å². The van der Waals surface area contributed by atoms with Crippen LogP contribution in [0.1, 0.15) is 25.8 Å². The zero-order valence-electron chi connectivity index (χ0n) is 13.0. The zero-order chi connectivity index (χ0) is 16.3. The first kappa shape index (κ1) is 15.8. The van der Waals surface area contributed by atoms with Crippen LogP contribution in [-0.4, -0.2) is 42.9 Å². The summed E-state index contributed by atoms with van der Waals surface area (Å²) in [5.74, 6) is 0.818. The van der Waals surface area contributed by atoms with Crippen LogP contribution >= 0.6 is 0 Å². The average molecular weight is 305 g/mol. The van der Waals surface area contributed by atoms with Crippen LogP contribution < -0.4 is 14.8 Å². The Morgan fingerprint density at radius 1 is 1.23 bits per heavy atom. The van der Waals surface area contributed by atoms with Gasteiger partial charge in [0.15, 0.2) is 0 Å². The van der Waals surface area contributed by atoms with E-state index < -0.39 is 11.6 Å². The van der Waals surface area contributed by atoms with E-state index >= 15 is 0 Å². The van der Waals surface area contributed by atoms with Gasteiger partial charge in [-0.25, -0.2) is 4.79 Å². The predicted octanol–water partition coefficient (Wildman–Crippen LogP) is 1.76. The summed E-state index contributed by atoms with van der Waals surface area (Å²) in [6.45, 7) is 3.51. The first-order chi connectivity index (χ1) is 10.4. The molecule has 1 N–H and O–H groups in total. The number of ether oxygens (including phenoxy) is 2. The maximum absolute atomic E-state index is 12.2. The molecular formula is C15H19N3O4. The van der Waals surface area contributed by atoms with E-state index in [1.807, 2.05) is 6.92 Å². The first-order valence-electron chi connectivity index (χ1n) is 6.87. The van der Waals surface area contributed by atoms with E-state index in [1.165, 1.54) is 6.21 Å². The molecule has 7 nitrogen and oxygen atoms in total. The van der Waals surface area contributed by atoms with Crippen molar-refractivity contribution in [1.82, 2.24) is 10.3 Å². The number of nitrogens with one attached hydrogen (secondary N) is 1. The number of rotatable bonds is 5. The Hall–Kier alpha value is -2.57. The first-order valence-corrected chi connectivity index (χ1v) is 6.87. The number of urea groups is 1. The van der Waals surface area contributed by atoms with Gasteiger partial charge in [0.2, 0.25) is 0 Å². The van der Waals surface area contributed by atoms with E-state index in [-0.39, 0.29) is 5.91 Å². The van der Waals surface area contributed by atoms with Gasteiger partial charge in [-0.1, -0.05) is 6.92 Å². The van der Waals surface area contributed by atoms with Crippen LogP contribution in [0.25, 0.3) is 0 Å². The highest BCUT2D eigenvalue weighted by molar-refractivity contribution is 6.07. The lowest BCUT2D eigenvalue weighted by Crippen LogP contribution is -2.42. The minimum Gasteiger partial charge on any atom is -0.497 e. The Morgan fingerprint density at radius 2 is 1.82 bits per heavy atom. The molecule has 118 valence electrons. The molecule has 0 saturated carbocycles. The SMILES string of the molecule is CCC1(C)NC(=O)N(N=Cc2cc(OC)cc(OC)c2)C1=O. The second-order valence-electron chi connectivity index (χ2n) is 5.12. The van der Waals surface area contributed by atoms with E-state index in [9.17, 15) is 9.59 Å². The Balaban J connectivity index is 2.25. The van der Waals surface area contributed by atoms with Crippen molar-refractivity contribution in [3.05, 3.63) is 23.8 Å². The van der Waals surface area contributed by atoms with Crippen LogP contribution in [-0.2, 0) is 4.79 Å². The van der Waals surface area contributed by atoms with Crippen molar-refractivity contribution in [1.29, 1.82) is 0 Å². The smallest absolute Gasteiger partial charge is 0.346 e. The third-order valence-corrected chi connectivity index (χ3v) is 3.64. The van der Waals surface area contributed by atoms with Gasteiger partial charge >= 0.3 is 6.03 Å². The van der Waals surface area contributed by atoms with Crippen molar-refractivity contribution in [2.24, 2.45) is 5.10 Å². The molecule has 22 heavy (non-hydrogen) atoms. The van der Waals surface area contributed by atoms with Crippen molar-refractivity contribution in [2.75, 3.05) is 14.2 Å². The largest absolute Gasteiger partial charge is 0.497 e. The van der Waals surface area contributed by atoms with Crippen LogP contribution in [0.2, 0.25) is 0 Å². The molecule has 0 radical (unpaired) electrons. The van der Waals surface area contributed by atoms with Crippen LogP contribution in [0.4, 0.5) is 4.79 Å². The summed E-state index contributed by atoms with van der Waals surface area (Å²) in [5.41, 5.74) is -0.248. The van der Waals surface area contributed by atoms with E-state index in [0.717, 1.165) is 5.01 Å². The third kappa shape index (κ3) is 2.88. The van der Waals surface area contributed by atoms with Gasteiger partial charge in [-0.05, 0) is 25.5 Å². The monoisotopic (exact) mass is 305 g/mol. The summed E-state index contributed by atoms with van der Waals surface area (Å²) in [6, 6.07) is 4.65. The number of imide groups is 1. The highest BCUT2D eigenvalue weighted by atomic mass is 16.5. The van der Waals surface area contributed by atoms with E-state index in [1.54, 1.807) is 39.3 Å². The molecule has 1 aliphatic rings. The molecule has 1 aromatic rings. The van der Waals surface area contributed by atoms with Gasteiger partial charge in [0.05, 0.1) is 20.4 Å². The van der Waals surface area contributed by atoms with Crippen molar-refractivity contribution in [3.63, 3.8) is 0 Å². The molecule has 0 bridgehead atoms. The van der Waals surface area contributed by atoms with Gasteiger partial charge in [-0.3, -0.25) is 4.79 Å². The lowest BCUT2D eigenvalue weighted by atomic mass is 10.00. The van der Waals surface area contributed by atoms with Gasteiger partial charge in [0.1, 0.15) is 17.0 Å².